The van der Waals surface area contributed by atoms with Crippen LogP contribution in [-0.2, 0) is 9.47 Å². The van der Waals surface area contributed by atoms with Gasteiger partial charge in [-0.1, -0.05) is 6.07 Å². The van der Waals surface area contributed by atoms with Crippen LogP contribution in [0.1, 0.15) is 22.0 Å². The predicted octanol–water partition coefficient (Wildman–Crippen LogP) is -0.990. The lowest BCUT2D eigenvalue weighted by Gasteiger charge is -2.42. The van der Waals surface area contributed by atoms with Gasteiger partial charge >= 0.3 is 0 Å². The van der Waals surface area contributed by atoms with E-state index < -0.39 is 72.6 Å². The maximum Gasteiger partial charge on any atom is 0.203 e. The van der Waals surface area contributed by atoms with Gasteiger partial charge in [-0.15, -0.1) is 0 Å². The topological polar surface area (TPSA) is 207 Å². The minimum absolute atomic E-state index is 0.140. The molecule has 0 spiro atoms. The average Bonchev–Trinajstić information content (AvgIpc) is 2.76. The van der Waals surface area contributed by atoms with E-state index in [2.05, 4.69) is 0 Å². The number of fused-ring (bicyclic) bond motifs is 1. The Morgan fingerprint density at radius 1 is 0.879 bits per heavy atom. The Balaban J connectivity index is 1.75. The van der Waals surface area contributed by atoms with E-state index in [9.17, 15) is 45.6 Å². The molecule has 1 saturated heterocycles. The Morgan fingerprint density at radius 3 is 2.27 bits per heavy atom. The number of ether oxygens (including phenoxy) is 3. The highest BCUT2D eigenvalue weighted by molar-refractivity contribution is 6.05. The summed E-state index contributed by atoms with van der Waals surface area (Å²) < 4.78 is 16.7. The number of aliphatic hydroxyl groups excluding tert-OH is 4. The number of carbonyl (C=O) groups excluding carboxylic acids is 1. The number of phenols is 4. The SMILES string of the molecule is O=C1c2c(O)cc(O)cc2O[C@@H](c2ccc(O)c(O)c2)[C@H]1O[C@H]1O[C@H](CO)[C@@H](O)[C@H](O)[C@H]1O. The number of rotatable bonds is 4. The zero-order chi connectivity index (χ0) is 24.0. The normalized spacial score (nSPS) is 31.6. The number of hydrogen-bond acceptors (Lipinski definition) is 12. The minimum Gasteiger partial charge on any atom is -0.508 e. The number of ketones is 1. The number of hydrogen-bond donors (Lipinski definition) is 8. The summed E-state index contributed by atoms with van der Waals surface area (Å²) in [5.74, 6) is -3.00. The summed E-state index contributed by atoms with van der Waals surface area (Å²) in [6, 6.07) is 5.57. The monoisotopic (exact) mass is 466 g/mol. The molecule has 0 radical (unpaired) electrons. The van der Waals surface area contributed by atoms with E-state index >= 15 is 0 Å². The standard InChI is InChI=1S/C21H22O12/c22-6-13-15(27)17(29)18(30)21(32-13)33-20-16(28)14-11(26)4-8(23)5-12(14)31-19(20)7-1-2-9(24)10(25)3-7/h1-5,13,15,17-27,29-30H,6H2/t13-,15-,17+,18-,19+,20+,21-/m1/s1. The fraction of sp³-hybridized carbons (Fsp3) is 0.381. The van der Waals surface area contributed by atoms with Crippen molar-refractivity contribution in [2.24, 2.45) is 0 Å². The van der Waals surface area contributed by atoms with E-state index in [1.165, 1.54) is 6.07 Å². The Hall–Kier alpha value is -3.13. The fourth-order valence-corrected chi connectivity index (χ4v) is 3.82. The zero-order valence-corrected chi connectivity index (χ0v) is 16.8. The zero-order valence-electron chi connectivity index (χ0n) is 16.8. The van der Waals surface area contributed by atoms with Crippen molar-refractivity contribution in [3.63, 3.8) is 0 Å². The van der Waals surface area contributed by atoms with Crippen molar-refractivity contribution in [1.29, 1.82) is 0 Å². The van der Waals surface area contributed by atoms with Gasteiger partial charge in [0.1, 0.15) is 47.2 Å². The lowest BCUT2D eigenvalue weighted by molar-refractivity contribution is -0.311. The molecule has 2 heterocycles. The van der Waals surface area contributed by atoms with E-state index in [1.807, 2.05) is 0 Å². The molecule has 0 unspecified atom stereocenters. The first kappa shape index (κ1) is 23.0. The van der Waals surface area contributed by atoms with Crippen molar-refractivity contribution >= 4 is 5.78 Å². The first-order valence-electron chi connectivity index (χ1n) is 9.87. The van der Waals surface area contributed by atoms with Crippen LogP contribution in [-0.4, -0.2) is 90.1 Å². The second-order valence-electron chi connectivity index (χ2n) is 7.74. The Kier molecular flexibility index (Phi) is 6.05. The van der Waals surface area contributed by atoms with Crippen molar-refractivity contribution in [3.05, 3.63) is 41.5 Å². The molecule has 2 aromatic rings. The summed E-state index contributed by atoms with van der Waals surface area (Å²) >= 11 is 0. The summed E-state index contributed by atoms with van der Waals surface area (Å²) in [6.45, 7) is -0.724. The van der Waals surface area contributed by atoms with Gasteiger partial charge in [0.2, 0.25) is 5.78 Å². The van der Waals surface area contributed by atoms with Crippen molar-refractivity contribution in [1.82, 2.24) is 0 Å². The molecule has 0 amide bonds. The fourth-order valence-electron chi connectivity index (χ4n) is 3.82. The van der Waals surface area contributed by atoms with Gasteiger partial charge < -0.3 is 55.1 Å². The molecular weight excluding hydrogens is 444 g/mol. The number of carbonyl (C=O) groups is 1. The third-order valence-electron chi connectivity index (χ3n) is 5.56. The summed E-state index contributed by atoms with van der Waals surface area (Å²) in [7, 11) is 0. The maximum absolute atomic E-state index is 13.3. The van der Waals surface area contributed by atoms with Crippen molar-refractivity contribution in [2.45, 2.75) is 42.9 Å². The molecule has 2 aromatic carbocycles. The number of benzene rings is 2. The maximum atomic E-state index is 13.3. The second kappa shape index (κ2) is 8.67. The van der Waals surface area contributed by atoms with Crippen molar-refractivity contribution in [3.8, 4) is 28.7 Å². The molecule has 0 aromatic heterocycles. The van der Waals surface area contributed by atoms with Crippen LogP contribution >= 0.6 is 0 Å². The quantitative estimate of drug-likeness (QED) is 0.256. The van der Waals surface area contributed by atoms with Crippen LogP contribution in [0.2, 0.25) is 0 Å². The number of Topliss-reactive ketones (excluding diaryl/α,β-unsaturated/α-hetero) is 1. The Labute approximate surface area is 186 Å². The van der Waals surface area contributed by atoms with Gasteiger partial charge in [-0.25, -0.2) is 0 Å². The molecule has 2 aliphatic rings. The van der Waals surface area contributed by atoms with Crippen LogP contribution < -0.4 is 4.74 Å². The lowest BCUT2D eigenvalue weighted by atomic mass is 9.92. The molecule has 178 valence electrons. The lowest BCUT2D eigenvalue weighted by Crippen LogP contribution is -2.60. The number of aliphatic hydroxyl groups is 4. The minimum atomic E-state index is -1.82. The largest absolute Gasteiger partial charge is 0.508 e. The highest BCUT2D eigenvalue weighted by atomic mass is 16.7. The van der Waals surface area contributed by atoms with Crippen LogP contribution in [0.25, 0.3) is 0 Å². The molecular formula is C21H22O12. The predicted molar refractivity (Wildman–Crippen MR) is 106 cm³/mol. The van der Waals surface area contributed by atoms with E-state index in [0.29, 0.717) is 0 Å². The smallest absolute Gasteiger partial charge is 0.203 e. The van der Waals surface area contributed by atoms with Crippen LogP contribution in [0.15, 0.2) is 30.3 Å². The Bertz CT molecular complexity index is 1050. The first-order chi connectivity index (χ1) is 15.6. The van der Waals surface area contributed by atoms with E-state index in [-0.39, 0.29) is 22.6 Å². The van der Waals surface area contributed by atoms with Gasteiger partial charge in [0, 0.05) is 12.1 Å². The molecule has 4 rings (SSSR count). The summed E-state index contributed by atoms with van der Waals surface area (Å²) in [4.78, 5) is 13.3. The number of aromatic hydroxyl groups is 4. The van der Waals surface area contributed by atoms with Crippen LogP contribution in [0.3, 0.4) is 0 Å². The van der Waals surface area contributed by atoms with Gasteiger partial charge in [0.25, 0.3) is 0 Å². The molecule has 2 aliphatic heterocycles. The average molecular weight is 466 g/mol. The van der Waals surface area contributed by atoms with Crippen LogP contribution in [0.4, 0.5) is 0 Å². The van der Waals surface area contributed by atoms with E-state index in [4.69, 9.17) is 14.2 Å². The Morgan fingerprint density at radius 2 is 1.61 bits per heavy atom. The van der Waals surface area contributed by atoms with Crippen LogP contribution in [0.5, 0.6) is 28.7 Å². The molecule has 12 nitrogen and oxygen atoms in total. The van der Waals surface area contributed by atoms with Gasteiger partial charge in [-0.3, -0.25) is 4.79 Å². The first-order valence-corrected chi connectivity index (χ1v) is 9.87. The molecule has 0 aliphatic carbocycles. The summed E-state index contributed by atoms with van der Waals surface area (Å²) in [6.07, 6.45) is -11.2. The molecule has 12 heteroatoms. The molecule has 8 N–H and O–H groups in total. The molecule has 7 atom stereocenters. The number of phenolic OH excluding ortho intramolecular Hbond substituents is 4. The van der Waals surface area contributed by atoms with E-state index in [0.717, 1.165) is 24.3 Å². The second-order valence-corrected chi connectivity index (χ2v) is 7.74. The van der Waals surface area contributed by atoms with Crippen molar-refractivity contribution < 1.29 is 59.9 Å². The summed E-state index contributed by atoms with van der Waals surface area (Å²) in [5.41, 5.74) is -0.191. The molecule has 0 bridgehead atoms. The van der Waals surface area contributed by atoms with Crippen molar-refractivity contribution in [2.75, 3.05) is 6.61 Å². The molecule has 33 heavy (non-hydrogen) atoms. The van der Waals surface area contributed by atoms with Gasteiger partial charge in [0.05, 0.1) is 6.61 Å². The van der Waals surface area contributed by atoms with Gasteiger partial charge in [-0.2, -0.15) is 0 Å². The summed E-state index contributed by atoms with van der Waals surface area (Å²) in [5, 5.41) is 79.2. The van der Waals surface area contributed by atoms with Gasteiger partial charge in [0.15, 0.2) is 30.0 Å². The molecule has 0 saturated carbocycles. The highest BCUT2D eigenvalue weighted by Crippen LogP contribution is 2.44. The molecule has 1 fully saturated rings. The van der Waals surface area contributed by atoms with E-state index in [1.54, 1.807) is 0 Å². The van der Waals surface area contributed by atoms with Gasteiger partial charge in [-0.05, 0) is 17.7 Å². The highest BCUT2D eigenvalue weighted by Gasteiger charge is 2.49. The van der Waals surface area contributed by atoms with Crippen LogP contribution in [0, 0.1) is 0 Å². The third kappa shape index (κ3) is 4.04. The third-order valence-corrected chi connectivity index (χ3v) is 5.56.